The highest BCUT2D eigenvalue weighted by molar-refractivity contribution is 6.05. The summed E-state index contributed by atoms with van der Waals surface area (Å²) in [5.41, 5.74) is 1.67. The van der Waals surface area contributed by atoms with E-state index >= 15 is 0 Å². The van der Waals surface area contributed by atoms with Crippen LogP contribution >= 0.6 is 0 Å². The van der Waals surface area contributed by atoms with Crippen LogP contribution in [0.5, 0.6) is 0 Å². The van der Waals surface area contributed by atoms with Gasteiger partial charge in [0.25, 0.3) is 5.69 Å². The zero-order chi connectivity index (χ0) is 25.1. The molecular formula is C30H28N2O3. The second-order valence-corrected chi connectivity index (χ2v) is 9.54. The van der Waals surface area contributed by atoms with Crippen molar-refractivity contribution < 1.29 is 9.72 Å². The van der Waals surface area contributed by atoms with Gasteiger partial charge in [0.2, 0.25) is 5.91 Å². The largest absolute Gasteiger partial charge is 0.319 e. The molecule has 0 aromatic heterocycles. The molecule has 0 saturated carbocycles. The average molecular weight is 465 g/mol. The van der Waals surface area contributed by atoms with Crippen LogP contribution < -0.4 is 5.32 Å². The Morgan fingerprint density at radius 2 is 1.11 bits per heavy atom. The SMILES string of the molecule is CC(C)(C)c1ccc(NC(=O)C(c2ccccc2)(c2ccccc2)c2ccccc2)c([N+](=O)[O-])c1. The first kappa shape index (κ1) is 23.9. The number of nitro benzene ring substituents is 1. The molecule has 176 valence electrons. The summed E-state index contributed by atoms with van der Waals surface area (Å²) in [4.78, 5) is 25.9. The van der Waals surface area contributed by atoms with Gasteiger partial charge in [-0.3, -0.25) is 14.9 Å². The van der Waals surface area contributed by atoms with Gasteiger partial charge in [0, 0.05) is 6.07 Å². The molecule has 35 heavy (non-hydrogen) atoms. The lowest BCUT2D eigenvalue weighted by molar-refractivity contribution is -0.384. The summed E-state index contributed by atoms with van der Waals surface area (Å²) < 4.78 is 0. The van der Waals surface area contributed by atoms with Crippen LogP contribution in [0.15, 0.2) is 109 Å². The fraction of sp³-hybridized carbons (Fsp3) is 0.167. The molecular weight excluding hydrogens is 436 g/mol. The van der Waals surface area contributed by atoms with Crippen molar-refractivity contribution in [2.24, 2.45) is 0 Å². The third kappa shape index (κ3) is 4.58. The van der Waals surface area contributed by atoms with Crippen molar-refractivity contribution in [1.29, 1.82) is 0 Å². The van der Waals surface area contributed by atoms with Crippen LogP contribution in [0.1, 0.15) is 43.0 Å². The third-order valence-corrected chi connectivity index (χ3v) is 6.27. The topological polar surface area (TPSA) is 72.2 Å². The maximum absolute atomic E-state index is 14.4. The summed E-state index contributed by atoms with van der Waals surface area (Å²) in [6, 6.07) is 33.5. The Hall–Kier alpha value is -4.25. The molecule has 0 radical (unpaired) electrons. The van der Waals surface area contributed by atoms with Gasteiger partial charge in [-0.05, 0) is 33.7 Å². The molecule has 0 atom stereocenters. The predicted octanol–water partition coefficient (Wildman–Crippen LogP) is 6.87. The van der Waals surface area contributed by atoms with Crippen LogP contribution in [0.25, 0.3) is 0 Å². The van der Waals surface area contributed by atoms with Gasteiger partial charge in [-0.1, -0.05) is 118 Å². The smallest absolute Gasteiger partial charge is 0.293 e. The Bertz CT molecular complexity index is 1230. The summed E-state index contributed by atoms with van der Waals surface area (Å²) in [5, 5.41) is 14.9. The fourth-order valence-electron chi connectivity index (χ4n) is 4.43. The van der Waals surface area contributed by atoms with Crippen LogP contribution in [0.2, 0.25) is 0 Å². The molecule has 1 amide bonds. The molecule has 0 unspecified atom stereocenters. The highest BCUT2D eigenvalue weighted by atomic mass is 16.6. The number of amides is 1. The van der Waals surface area contributed by atoms with Crippen molar-refractivity contribution in [2.75, 3.05) is 5.32 Å². The molecule has 4 rings (SSSR count). The van der Waals surface area contributed by atoms with Gasteiger partial charge >= 0.3 is 0 Å². The van der Waals surface area contributed by atoms with Crippen molar-refractivity contribution in [1.82, 2.24) is 0 Å². The summed E-state index contributed by atoms with van der Waals surface area (Å²) in [6.07, 6.45) is 0. The van der Waals surface area contributed by atoms with Crippen molar-refractivity contribution in [3.8, 4) is 0 Å². The minimum atomic E-state index is -1.22. The number of rotatable bonds is 6. The molecule has 5 heteroatoms. The Balaban J connectivity index is 1.93. The molecule has 0 saturated heterocycles. The first-order valence-electron chi connectivity index (χ1n) is 11.5. The molecule has 0 aliphatic carbocycles. The van der Waals surface area contributed by atoms with Crippen LogP contribution in [0.3, 0.4) is 0 Å². The normalized spacial score (nSPS) is 11.6. The Morgan fingerprint density at radius 1 is 0.686 bits per heavy atom. The number of benzene rings is 4. The molecule has 0 fully saturated rings. The van der Waals surface area contributed by atoms with Crippen LogP contribution in [0.4, 0.5) is 11.4 Å². The molecule has 5 nitrogen and oxygen atoms in total. The maximum atomic E-state index is 14.4. The minimum Gasteiger partial charge on any atom is -0.319 e. The van der Waals surface area contributed by atoms with Crippen molar-refractivity contribution in [2.45, 2.75) is 31.6 Å². The number of nitrogens with one attached hydrogen (secondary N) is 1. The molecule has 4 aromatic rings. The van der Waals surface area contributed by atoms with Crippen molar-refractivity contribution in [3.63, 3.8) is 0 Å². The van der Waals surface area contributed by atoms with Crippen LogP contribution in [-0.2, 0) is 15.6 Å². The quantitative estimate of drug-likeness (QED) is 0.192. The molecule has 0 bridgehead atoms. The van der Waals surface area contributed by atoms with E-state index in [2.05, 4.69) is 5.32 Å². The number of hydrogen-bond acceptors (Lipinski definition) is 3. The number of carbonyl (C=O) groups excluding carboxylic acids is 1. The van der Waals surface area contributed by atoms with E-state index in [-0.39, 0.29) is 22.7 Å². The molecule has 1 N–H and O–H groups in total. The number of nitrogens with zero attached hydrogens (tertiary/aromatic N) is 1. The fourth-order valence-corrected chi connectivity index (χ4v) is 4.43. The van der Waals surface area contributed by atoms with Gasteiger partial charge in [0.05, 0.1) is 4.92 Å². The highest BCUT2D eigenvalue weighted by Gasteiger charge is 2.44. The molecule has 0 aliphatic heterocycles. The van der Waals surface area contributed by atoms with Gasteiger partial charge in [0.1, 0.15) is 11.1 Å². The van der Waals surface area contributed by atoms with Gasteiger partial charge < -0.3 is 5.32 Å². The monoisotopic (exact) mass is 464 g/mol. The van der Waals surface area contributed by atoms with E-state index in [1.807, 2.05) is 118 Å². The maximum Gasteiger partial charge on any atom is 0.293 e. The lowest BCUT2D eigenvalue weighted by Gasteiger charge is -2.34. The Labute approximate surface area is 205 Å². The van der Waals surface area contributed by atoms with Gasteiger partial charge in [-0.2, -0.15) is 0 Å². The highest BCUT2D eigenvalue weighted by Crippen LogP contribution is 2.41. The van der Waals surface area contributed by atoms with Crippen LogP contribution in [0, 0.1) is 10.1 Å². The minimum absolute atomic E-state index is 0.131. The average Bonchev–Trinajstić information content (AvgIpc) is 2.86. The second kappa shape index (κ2) is 9.55. The lowest BCUT2D eigenvalue weighted by atomic mass is 9.68. The van der Waals surface area contributed by atoms with E-state index in [9.17, 15) is 14.9 Å². The third-order valence-electron chi connectivity index (χ3n) is 6.27. The summed E-state index contributed by atoms with van der Waals surface area (Å²) in [6.45, 7) is 5.99. The van der Waals surface area contributed by atoms with Crippen LogP contribution in [-0.4, -0.2) is 10.8 Å². The first-order chi connectivity index (χ1) is 16.7. The summed E-state index contributed by atoms with van der Waals surface area (Å²) in [5.74, 6) is -0.368. The zero-order valence-electron chi connectivity index (χ0n) is 20.1. The molecule has 0 aliphatic rings. The lowest BCUT2D eigenvalue weighted by Crippen LogP contribution is -2.42. The van der Waals surface area contributed by atoms with Gasteiger partial charge in [-0.15, -0.1) is 0 Å². The van der Waals surface area contributed by atoms with Gasteiger partial charge in [-0.25, -0.2) is 0 Å². The Morgan fingerprint density at radius 3 is 1.49 bits per heavy atom. The number of anilines is 1. The standard InChI is InChI=1S/C30H28N2O3/c1-29(2,3)25-19-20-26(27(21-25)32(34)35)31-28(33)30(22-13-7-4-8-14-22,23-15-9-5-10-16-23)24-17-11-6-12-18-24/h4-21H,1-3H3,(H,31,33). The second-order valence-electron chi connectivity index (χ2n) is 9.54. The first-order valence-corrected chi connectivity index (χ1v) is 11.5. The molecule has 0 heterocycles. The number of nitro groups is 1. The van der Waals surface area contributed by atoms with E-state index in [4.69, 9.17) is 0 Å². The van der Waals surface area contributed by atoms with E-state index in [1.165, 1.54) is 0 Å². The van der Waals surface area contributed by atoms with Gasteiger partial charge in [0.15, 0.2) is 0 Å². The summed E-state index contributed by atoms with van der Waals surface area (Å²) in [7, 11) is 0. The Kier molecular flexibility index (Phi) is 6.52. The van der Waals surface area contributed by atoms with Crippen molar-refractivity contribution >= 4 is 17.3 Å². The van der Waals surface area contributed by atoms with E-state index in [0.717, 1.165) is 22.3 Å². The summed E-state index contributed by atoms with van der Waals surface area (Å²) >= 11 is 0. The molecule has 0 spiro atoms. The van der Waals surface area contributed by atoms with E-state index in [0.29, 0.717) is 0 Å². The van der Waals surface area contributed by atoms with Crippen molar-refractivity contribution in [3.05, 3.63) is 142 Å². The number of hydrogen-bond donors (Lipinski definition) is 1. The zero-order valence-corrected chi connectivity index (χ0v) is 20.1. The number of carbonyl (C=O) groups is 1. The van der Waals surface area contributed by atoms with E-state index < -0.39 is 10.3 Å². The van der Waals surface area contributed by atoms with E-state index in [1.54, 1.807) is 12.1 Å². The molecule has 4 aromatic carbocycles. The predicted molar refractivity (Wildman–Crippen MR) is 140 cm³/mol.